The number of hydrogen-bond donors (Lipinski definition) is 0. The minimum absolute atomic E-state index is 0.106. The molecule has 2 aliphatic heterocycles. The number of para-hydroxylation sites is 2. The van der Waals surface area contributed by atoms with Crippen molar-refractivity contribution in [3.05, 3.63) is 60.2 Å². The van der Waals surface area contributed by atoms with Crippen molar-refractivity contribution in [3.8, 4) is 11.5 Å². The zero-order chi connectivity index (χ0) is 20.3. The van der Waals surface area contributed by atoms with Crippen molar-refractivity contribution >= 4 is 11.9 Å². The third kappa shape index (κ3) is 3.67. The van der Waals surface area contributed by atoms with Gasteiger partial charge in [0.2, 0.25) is 6.10 Å². The number of amides is 1. The second kappa shape index (κ2) is 8.15. The van der Waals surface area contributed by atoms with E-state index in [1.807, 2.05) is 55.5 Å². The Bertz CT molecular complexity index is 874. The number of hydrogen-bond acceptors (Lipinski definition) is 5. The Morgan fingerprint density at radius 2 is 1.69 bits per heavy atom. The van der Waals surface area contributed by atoms with E-state index in [2.05, 4.69) is 0 Å². The average molecular weight is 395 g/mol. The van der Waals surface area contributed by atoms with Gasteiger partial charge in [0.1, 0.15) is 6.61 Å². The SMILES string of the molecule is CCOC(=O)C1(c2ccccc2)CCN(C(=O)C2COc3ccccc3O2)CC1. The van der Waals surface area contributed by atoms with Gasteiger partial charge in [-0.05, 0) is 37.5 Å². The van der Waals surface area contributed by atoms with Crippen LogP contribution in [0.1, 0.15) is 25.3 Å². The molecule has 6 nitrogen and oxygen atoms in total. The molecule has 1 unspecified atom stereocenters. The van der Waals surface area contributed by atoms with Crippen LogP contribution in [0, 0.1) is 0 Å². The van der Waals surface area contributed by atoms with Crippen molar-refractivity contribution in [2.45, 2.75) is 31.3 Å². The number of esters is 1. The van der Waals surface area contributed by atoms with E-state index in [9.17, 15) is 9.59 Å². The fraction of sp³-hybridized carbons (Fsp3) is 0.391. The van der Waals surface area contributed by atoms with Crippen LogP contribution in [0.4, 0.5) is 0 Å². The van der Waals surface area contributed by atoms with E-state index < -0.39 is 11.5 Å². The van der Waals surface area contributed by atoms with Gasteiger partial charge in [0.05, 0.1) is 12.0 Å². The molecule has 29 heavy (non-hydrogen) atoms. The Labute approximate surface area is 170 Å². The van der Waals surface area contributed by atoms with Crippen LogP contribution in [-0.4, -0.2) is 49.2 Å². The molecule has 0 radical (unpaired) electrons. The molecule has 1 fully saturated rings. The number of nitrogens with zero attached hydrogens (tertiary/aromatic N) is 1. The summed E-state index contributed by atoms with van der Waals surface area (Å²) < 4.78 is 16.9. The van der Waals surface area contributed by atoms with Gasteiger partial charge in [-0.15, -0.1) is 0 Å². The third-order valence-electron chi connectivity index (χ3n) is 5.71. The van der Waals surface area contributed by atoms with Crippen LogP contribution >= 0.6 is 0 Å². The molecule has 4 rings (SSSR count). The van der Waals surface area contributed by atoms with Gasteiger partial charge in [0.25, 0.3) is 5.91 Å². The predicted octanol–water partition coefficient (Wildman–Crippen LogP) is 2.95. The average Bonchev–Trinajstić information content (AvgIpc) is 2.79. The van der Waals surface area contributed by atoms with Crippen LogP contribution in [0.2, 0.25) is 0 Å². The summed E-state index contributed by atoms with van der Waals surface area (Å²) in [6.45, 7) is 3.27. The summed E-state index contributed by atoms with van der Waals surface area (Å²) in [5.41, 5.74) is 0.224. The highest BCUT2D eigenvalue weighted by molar-refractivity contribution is 5.85. The number of piperidine rings is 1. The van der Waals surface area contributed by atoms with Crippen LogP contribution in [-0.2, 0) is 19.7 Å². The Hall–Kier alpha value is -3.02. The van der Waals surface area contributed by atoms with E-state index in [-0.39, 0.29) is 18.5 Å². The van der Waals surface area contributed by atoms with Gasteiger partial charge < -0.3 is 19.1 Å². The molecular weight excluding hydrogens is 370 g/mol. The topological polar surface area (TPSA) is 65.1 Å². The second-order valence-electron chi connectivity index (χ2n) is 7.36. The number of benzene rings is 2. The van der Waals surface area contributed by atoms with Gasteiger partial charge in [-0.25, -0.2) is 0 Å². The number of ether oxygens (including phenoxy) is 3. The van der Waals surface area contributed by atoms with Gasteiger partial charge in [-0.3, -0.25) is 9.59 Å². The van der Waals surface area contributed by atoms with E-state index in [0.717, 1.165) is 5.56 Å². The Kier molecular flexibility index (Phi) is 5.43. The lowest BCUT2D eigenvalue weighted by molar-refractivity contribution is -0.155. The molecule has 6 heteroatoms. The van der Waals surface area contributed by atoms with Crippen molar-refractivity contribution in [2.24, 2.45) is 0 Å². The van der Waals surface area contributed by atoms with Gasteiger partial charge in [-0.2, -0.15) is 0 Å². The normalized spacial score (nSPS) is 20.0. The summed E-state index contributed by atoms with van der Waals surface area (Å²) >= 11 is 0. The molecule has 152 valence electrons. The standard InChI is InChI=1S/C23H25NO5/c1-2-27-22(26)23(17-8-4-3-5-9-17)12-14-24(15-13-23)21(25)20-16-28-18-10-6-7-11-19(18)29-20/h3-11,20H,2,12-16H2,1H3. The summed E-state index contributed by atoms with van der Waals surface area (Å²) in [4.78, 5) is 27.6. The van der Waals surface area contributed by atoms with E-state index in [0.29, 0.717) is 44.0 Å². The van der Waals surface area contributed by atoms with E-state index in [4.69, 9.17) is 14.2 Å². The molecule has 0 N–H and O–H groups in total. The fourth-order valence-electron chi connectivity index (χ4n) is 4.09. The Morgan fingerprint density at radius 3 is 2.38 bits per heavy atom. The number of likely N-dealkylation sites (tertiary alicyclic amines) is 1. The highest BCUT2D eigenvalue weighted by Gasteiger charge is 2.46. The minimum atomic E-state index is -0.718. The first kappa shape index (κ1) is 19.3. The zero-order valence-electron chi connectivity index (χ0n) is 16.5. The van der Waals surface area contributed by atoms with Gasteiger partial charge in [0, 0.05) is 13.1 Å². The molecule has 0 aliphatic carbocycles. The van der Waals surface area contributed by atoms with Crippen LogP contribution < -0.4 is 9.47 Å². The molecule has 2 aromatic rings. The first-order valence-corrected chi connectivity index (χ1v) is 10.0. The van der Waals surface area contributed by atoms with Crippen LogP contribution in [0.15, 0.2) is 54.6 Å². The number of carbonyl (C=O) groups is 2. The summed E-state index contributed by atoms with van der Waals surface area (Å²) in [7, 11) is 0. The van der Waals surface area contributed by atoms with Crippen LogP contribution in [0.5, 0.6) is 11.5 Å². The molecule has 0 aromatic heterocycles. The summed E-state index contributed by atoms with van der Waals surface area (Å²) in [6.07, 6.45) is 0.369. The maximum absolute atomic E-state index is 13.0. The van der Waals surface area contributed by atoms with Crippen molar-refractivity contribution in [1.82, 2.24) is 4.90 Å². The highest BCUT2D eigenvalue weighted by atomic mass is 16.6. The first-order chi connectivity index (χ1) is 14.1. The first-order valence-electron chi connectivity index (χ1n) is 10.0. The molecular formula is C23H25NO5. The van der Waals surface area contributed by atoms with E-state index in [1.165, 1.54) is 0 Å². The maximum Gasteiger partial charge on any atom is 0.316 e. The van der Waals surface area contributed by atoms with Crippen molar-refractivity contribution in [3.63, 3.8) is 0 Å². The molecule has 2 heterocycles. The monoisotopic (exact) mass is 395 g/mol. The second-order valence-corrected chi connectivity index (χ2v) is 7.36. The molecule has 0 saturated carbocycles. The smallest absolute Gasteiger partial charge is 0.316 e. The molecule has 2 aromatic carbocycles. The number of rotatable bonds is 4. The van der Waals surface area contributed by atoms with E-state index >= 15 is 0 Å². The number of fused-ring (bicyclic) bond motifs is 1. The van der Waals surface area contributed by atoms with Gasteiger partial charge in [0.15, 0.2) is 11.5 Å². The number of carbonyl (C=O) groups excluding carboxylic acids is 2. The van der Waals surface area contributed by atoms with E-state index in [1.54, 1.807) is 11.0 Å². The lowest BCUT2D eigenvalue weighted by atomic mass is 9.72. The largest absolute Gasteiger partial charge is 0.485 e. The van der Waals surface area contributed by atoms with Crippen LogP contribution in [0.3, 0.4) is 0 Å². The van der Waals surface area contributed by atoms with Crippen LogP contribution in [0.25, 0.3) is 0 Å². The van der Waals surface area contributed by atoms with Crippen molar-refractivity contribution < 1.29 is 23.8 Å². The molecule has 0 bridgehead atoms. The predicted molar refractivity (Wildman–Crippen MR) is 107 cm³/mol. The summed E-state index contributed by atoms with van der Waals surface area (Å²) in [6, 6.07) is 17.1. The lowest BCUT2D eigenvalue weighted by Crippen LogP contribution is -2.53. The third-order valence-corrected chi connectivity index (χ3v) is 5.71. The van der Waals surface area contributed by atoms with Crippen molar-refractivity contribution in [1.29, 1.82) is 0 Å². The zero-order valence-corrected chi connectivity index (χ0v) is 16.5. The van der Waals surface area contributed by atoms with Gasteiger partial charge >= 0.3 is 5.97 Å². The van der Waals surface area contributed by atoms with Crippen molar-refractivity contribution in [2.75, 3.05) is 26.3 Å². The van der Waals surface area contributed by atoms with Gasteiger partial charge in [-0.1, -0.05) is 42.5 Å². The summed E-state index contributed by atoms with van der Waals surface area (Å²) in [5.74, 6) is 0.911. The molecule has 2 aliphatic rings. The fourth-order valence-corrected chi connectivity index (χ4v) is 4.09. The molecule has 1 atom stereocenters. The molecule has 0 spiro atoms. The quantitative estimate of drug-likeness (QED) is 0.745. The molecule has 1 amide bonds. The minimum Gasteiger partial charge on any atom is -0.485 e. The molecule has 1 saturated heterocycles. The lowest BCUT2D eigenvalue weighted by Gasteiger charge is -2.41. The Balaban J connectivity index is 1.47. The Morgan fingerprint density at radius 1 is 1.03 bits per heavy atom. The summed E-state index contributed by atoms with van der Waals surface area (Å²) in [5, 5.41) is 0. The highest BCUT2D eigenvalue weighted by Crippen LogP contribution is 2.38. The maximum atomic E-state index is 13.0.